The molecule has 9 nitrogen and oxygen atoms in total. The molecule has 0 aliphatic carbocycles. The van der Waals surface area contributed by atoms with Crippen LogP contribution < -0.4 is 10.0 Å². The fraction of sp³-hybridized carbons (Fsp3) is 0.273. The zero-order valence-electron chi connectivity index (χ0n) is 18.3. The molecule has 11 heteroatoms. The SMILES string of the molecule is CC(C)C(=O)NC(c1nnc(CNS(C)(=O)=O)o1)c1nc2ccc(-c3ccccc3)cc2s1. The van der Waals surface area contributed by atoms with Gasteiger partial charge in [0.1, 0.15) is 5.01 Å². The molecular weight excluding hydrogens is 462 g/mol. The van der Waals surface area contributed by atoms with E-state index in [-0.39, 0.29) is 30.2 Å². The Morgan fingerprint density at radius 1 is 1.09 bits per heavy atom. The van der Waals surface area contributed by atoms with Gasteiger partial charge < -0.3 is 9.73 Å². The number of benzene rings is 2. The number of sulfonamides is 1. The average molecular weight is 486 g/mol. The molecule has 33 heavy (non-hydrogen) atoms. The molecule has 2 aromatic carbocycles. The lowest BCUT2D eigenvalue weighted by Gasteiger charge is -2.14. The van der Waals surface area contributed by atoms with Gasteiger partial charge in [-0.3, -0.25) is 4.79 Å². The van der Waals surface area contributed by atoms with E-state index in [4.69, 9.17) is 9.40 Å². The van der Waals surface area contributed by atoms with E-state index in [0.29, 0.717) is 5.01 Å². The summed E-state index contributed by atoms with van der Waals surface area (Å²) < 4.78 is 31.6. The van der Waals surface area contributed by atoms with Crippen molar-refractivity contribution in [3.8, 4) is 11.1 Å². The highest BCUT2D eigenvalue weighted by Gasteiger charge is 2.27. The van der Waals surface area contributed by atoms with Crippen molar-refractivity contribution >= 4 is 37.5 Å². The maximum atomic E-state index is 12.5. The molecule has 4 rings (SSSR count). The van der Waals surface area contributed by atoms with Crippen LogP contribution >= 0.6 is 11.3 Å². The van der Waals surface area contributed by atoms with Gasteiger partial charge in [-0.2, -0.15) is 0 Å². The molecule has 0 bridgehead atoms. The van der Waals surface area contributed by atoms with Crippen molar-refractivity contribution in [3.63, 3.8) is 0 Å². The number of nitrogens with one attached hydrogen (secondary N) is 2. The van der Waals surface area contributed by atoms with Crippen LogP contribution in [-0.4, -0.2) is 35.8 Å². The second-order valence-corrected chi connectivity index (χ2v) is 10.7. The van der Waals surface area contributed by atoms with Gasteiger partial charge in [0, 0.05) is 5.92 Å². The molecule has 0 fully saturated rings. The minimum absolute atomic E-state index is 0.0895. The van der Waals surface area contributed by atoms with E-state index >= 15 is 0 Å². The summed E-state index contributed by atoms with van der Waals surface area (Å²) in [6, 6.07) is 15.3. The molecule has 172 valence electrons. The number of amides is 1. The summed E-state index contributed by atoms with van der Waals surface area (Å²) in [7, 11) is -3.42. The Labute approximate surface area is 195 Å². The largest absolute Gasteiger partial charge is 0.421 e. The van der Waals surface area contributed by atoms with Gasteiger partial charge in [0.15, 0.2) is 6.04 Å². The van der Waals surface area contributed by atoms with E-state index in [2.05, 4.69) is 26.3 Å². The van der Waals surface area contributed by atoms with Crippen LogP contribution in [0.25, 0.3) is 21.3 Å². The van der Waals surface area contributed by atoms with Crippen LogP contribution in [0.3, 0.4) is 0 Å². The minimum Gasteiger partial charge on any atom is -0.421 e. The summed E-state index contributed by atoms with van der Waals surface area (Å²) in [4.78, 5) is 17.2. The second kappa shape index (κ2) is 9.38. The van der Waals surface area contributed by atoms with Crippen molar-refractivity contribution in [1.29, 1.82) is 0 Å². The average Bonchev–Trinajstić information content (AvgIpc) is 3.42. The summed E-state index contributed by atoms with van der Waals surface area (Å²) in [6.45, 7) is 3.43. The fourth-order valence-electron chi connectivity index (χ4n) is 3.06. The molecule has 1 amide bonds. The van der Waals surface area contributed by atoms with E-state index in [0.717, 1.165) is 27.6 Å². The van der Waals surface area contributed by atoms with Gasteiger partial charge in [0.05, 0.1) is 23.0 Å². The Kier molecular flexibility index (Phi) is 6.54. The van der Waals surface area contributed by atoms with Crippen LogP contribution in [0, 0.1) is 5.92 Å². The first-order chi connectivity index (χ1) is 15.7. The smallest absolute Gasteiger partial charge is 0.245 e. The van der Waals surface area contributed by atoms with Gasteiger partial charge in [-0.25, -0.2) is 18.1 Å². The lowest BCUT2D eigenvalue weighted by molar-refractivity contribution is -0.124. The topological polar surface area (TPSA) is 127 Å². The minimum atomic E-state index is -3.42. The van der Waals surface area contributed by atoms with Crippen molar-refractivity contribution in [3.05, 3.63) is 65.3 Å². The van der Waals surface area contributed by atoms with E-state index < -0.39 is 16.1 Å². The molecule has 1 unspecified atom stereocenters. The van der Waals surface area contributed by atoms with Crippen LogP contribution in [0.1, 0.15) is 36.7 Å². The van der Waals surface area contributed by atoms with Crippen molar-refractivity contribution in [2.45, 2.75) is 26.4 Å². The number of nitrogens with zero attached hydrogens (tertiary/aromatic N) is 3. The number of hydrogen-bond donors (Lipinski definition) is 2. The Hall–Kier alpha value is -3.15. The Bertz CT molecular complexity index is 1380. The lowest BCUT2D eigenvalue weighted by Crippen LogP contribution is -2.32. The Morgan fingerprint density at radius 3 is 2.55 bits per heavy atom. The third-order valence-corrected chi connectivity index (χ3v) is 6.54. The highest BCUT2D eigenvalue weighted by molar-refractivity contribution is 7.88. The highest BCUT2D eigenvalue weighted by atomic mass is 32.2. The molecule has 0 aliphatic heterocycles. The van der Waals surface area contributed by atoms with Gasteiger partial charge in [-0.05, 0) is 23.3 Å². The number of hydrogen-bond acceptors (Lipinski definition) is 8. The maximum Gasteiger partial charge on any atom is 0.245 e. The van der Waals surface area contributed by atoms with E-state index in [9.17, 15) is 13.2 Å². The summed E-state index contributed by atoms with van der Waals surface area (Å²) in [5.74, 6) is -0.234. The second-order valence-electron chi connectivity index (χ2n) is 7.82. The van der Waals surface area contributed by atoms with Crippen molar-refractivity contribution in [2.24, 2.45) is 5.92 Å². The van der Waals surface area contributed by atoms with Crippen LogP contribution in [0.5, 0.6) is 0 Å². The van der Waals surface area contributed by atoms with Crippen molar-refractivity contribution in [2.75, 3.05) is 6.26 Å². The molecule has 2 N–H and O–H groups in total. The fourth-order valence-corrected chi connectivity index (χ4v) is 4.50. The Morgan fingerprint density at radius 2 is 1.85 bits per heavy atom. The molecule has 0 spiro atoms. The van der Waals surface area contributed by atoms with Gasteiger partial charge in [0.2, 0.25) is 27.7 Å². The van der Waals surface area contributed by atoms with Gasteiger partial charge in [-0.15, -0.1) is 21.5 Å². The summed E-state index contributed by atoms with van der Waals surface area (Å²) in [5.41, 5.74) is 2.95. The standard InChI is InChI=1S/C22H23N5O4S2/c1-13(2)20(28)25-19(21-27-26-18(31-21)12-23-33(3,29)30)22-24-16-10-9-15(11-17(16)32-22)14-7-5-4-6-8-14/h4-11,13,19,23H,12H2,1-3H3,(H,25,28). The molecule has 4 aromatic rings. The van der Waals surface area contributed by atoms with Crippen molar-refractivity contribution < 1.29 is 17.6 Å². The molecule has 2 heterocycles. The number of carbonyl (C=O) groups excluding carboxylic acids is 1. The van der Waals surface area contributed by atoms with Crippen LogP contribution in [0.15, 0.2) is 52.9 Å². The molecule has 0 saturated carbocycles. The molecule has 0 saturated heterocycles. The van der Waals surface area contributed by atoms with Crippen molar-refractivity contribution in [1.82, 2.24) is 25.2 Å². The van der Waals surface area contributed by atoms with Crippen LogP contribution in [0.4, 0.5) is 0 Å². The number of thiazole rings is 1. The first kappa shape index (κ1) is 23.0. The normalized spacial score (nSPS) is 12.8. The molecular formula is C22H23N5O4S2. The highest BCUT2D eigenvalue weighted by Crippen LogP contribution is 2.33. The molecule has 1 atom stereocenters. The third kappa shape index (κ3) is 5.62. The molecule has 0 radical (unpaired) electrons. The molecule has 0 aliphatic rings. The lowest BCUT2D eigenvalue weighted by atomic mass is 10.1. The predicted octanol–water partition coefficient (Wildman–Crippen LogP) is 3.26. The van der Waals surface area contributed by atoms with Crippen LogP contribution in [0.2, 0.25) is 0 Å². The van der Waals surface area contributed by atoms with Gasteiger partial charge in [-0.1, -0.05) is 50.2 Å². The first-order valence-corrected chi connectivity index (χ1v) is 12.9. The number of rotatable bonds is 8. The van der Waals surface area contributed by atoms with E-state index in [1.54, 1.807) is 13.8 Å². The van der Waals surface area contributed by atoms with E-state index in [1.165, 1.54) is 11.3 Å². The van der Waals surface area contributed by atoms with Gasteiger partial charge >= 0.3 is 0 Å². The number of aromatic nitrogens is 3. The monoisotopic (exact) mass is 485 g/mol. The Balaban J connectivity index is 1.68. The zero-order chi connectivity index (χ0) is 23.6. The summed E-state index contributed by atoms with van der Waals surface area (Å²) in [5, 5.41) is 11.5. The van der Waals surface area contributed by atoms with Gasteiger partial charge in [0.25, 0.3) is 0 Å². The summed E-state index contributed by atoms with van der Waals surface area (Å²) >= 11 is 1.42. The number of fused-ring (bicyclic) bond motifs is 1. The molecule has 2 aromatic heterocycles. The maximum absolute atomic E-state index is 12.5. The zero-order valence-corrected chi connectivity index (χ0v) is 19.9. The van der Waals surface area contributed by atoms with E-state index in [1.807, 2.05) is 42.5 Å². The van der Waals surface area contributed by atoms with Crippen LogP contribution in [-0.2, 0) is 21.4 Å². The number of carbonyl (C=O) groups is 1. The predicted molar refractivity (Wildman–Crippen MR) is 126 cm³/mol. The first-order valence-electron chi connectivity index (χ1n) is 10.2. The summed E-state index contributed by atoms with van der Waals surface area (Å²) in [6.07, 6.45) is 1.04. The quantitative estimate of drug-likeness (QED) is 0.392. The third-order valence-electron chi connectivity index (χ3n) is 4.79.